The van der Waals surface area contributed by atoms with Crippen molar-refractivity contribution in [3.8, 4) is 0 Å². The maximum Gasteiger partial charge on any atom is 0.203 e. The Morgan fingerprint density at radius 3 is 2.69 bits per heavy atom. The molecule has 0 aromatic rings. The van der Waals surface area contributed by atoms with Crippen molar-refractivity contribution in [3.05, 3.63) is 0 Å². The van der Waals surface area contributed by atoms with Gasteiger partial charge in [0.2, 0.25) is 5.96 Å². The molecule has 10 N–H and O–H groups in total. The van der Waals surface area contributed by atoms with Gasteiger partial charge in [-0.3, -0.25) is 10.4 Å². The number of hydrogen-bond donors (Lipinski definition) is 6. The van der Waals surface area contributed by atoms with Crippen molar-refractivity contribution in [2.24, 2.45) is 33.5 Å². The summed E-state index contributed by atoms with van der Waals surface area (Å²) < 4.78 is 0. The molecule has 0 rings (SSSR count). The van der Waals surface area contributed by atoms with Crippen molar-refractivity contribution in [2.45, 2.75) is 6.42 Å². The van der Waals surface area contributed by atoms with Gasteiger partial charge in [-0.05, 0) is 6.42 Å². The van der Waals surface area contributed by atoms with Crippen LogP contribution in [0.2, 0.25) is 0 Å². The first-order chi connectivity index (χ1) is 6.20. The van der Waals surface area contributed by atoms with Crippen LogP contribution < -0.4 is 34.1 Å². The highest BCUT2D eigenvalue weighted by Crippen LogP contribution is 1.77. The van der Waals surface area contributed by atoms with Gasteiger partial charge in [0.05, 0.1) is 6.54 Å². The van der Waals surface area contributed by atoms with E-state index in [-0.39, 0.29) is 5.96 Å². The minimum Gasteiger partial charge on any atom is -0.369 e. The first-order valence-corrected chi connectivity index (χ1v) is 3.66. The zero-order valence-corrected chi connectivity index (χ0v) is 7.27. The molecule has 0 aromatic carbocycles. The molecule has 13 heavy (non-hydrogen) atoms. The maximum atomic E-state index is 5.26. The summed E-state index contributed by atoms with van der Waals surface area (Å²) in [5, 5.41) is 3.14. The summed E-state index contributed by atoms with van der Waals surface area (Å²) >= 11 is 0. The number of hydrazine groups is 3. The van der Waals surface area contributed by atoms with Crippen molar-refractivity contribution in [1.82, 2.24) is 10.9 Å². The minimum atomic E-state index is 0.202. The third-order valence-corrected chi connectivity index (χ3v) is 1.16. The minimum absolute atomic E-state index is 0.202. The summed E-state index contributed by atoms with van der Waals surface area (Å²) in [6, 6.07) is 0. The van der Waals surface area contributed by atoms with Crippen LogP contribution in [-0.4, -0.2) is 24.0 Å². The van der Waals surface area contributed by atoms with Crippen LogP contribution in [0, 0.1) is 0 Å². The van der Waals surface area contributed by atoms with E-state index < -0.39 is 0 Å². The summed E-state index contributed by atoms with van der Waals surface area (Å²) in [5.41, 5.74) is 10.2. The summed E-state index contributed by atoms with van der Waals surface area (Å²) in [5.74, 6) is 15.2. The molecule has 9 heteroatoms. The van der Waals surface area contributed by atoms with Gasteiger partial charge in [0, 0.05) is 11.5 Å². The van der Waals surface area contributed by atoms with Gasteiger partial charge in [0.25, 0.3) is 0 Å². The van der Waals surface area contributed by atoms with Gasteiger partial charge in [-0.25, -0.2) is 17.1 Å². The molecule has 0 aliphatic carbocycles. The number of nitrogens with zero attached hydrogens (tertiary/aromatic N) is 3. The highest BCUT2D eigenvalue weighted by molar-refractivity contribution is 5.76. The molecular formula is C4H16N9+. The van der Waals surface area contributed by atoms with Crippen LogP contribution in [0.3, 0.4) is 0 Å². The van der Waals surface area contributed by atoms with E-state index in [1.165, 1.54) is 0 Å². The lowest BCUT2D eigenvalue weighted by Gasteiger charge is -2.00. The number of nitrogens with one attached hydrogen (secondary N) is 2. The van der Waals surface area contributed by atoms with Crippen LogP contribution in [0.5, 0.6) is 0 Å². The molecule has 0 bridgehead atoms. The third kappa shape index (κ3) is 6.62. The zero-order valence-electron chi connectivity index (χ0n) is 7.27. The van der Waals surface area contributed by atoms with Crippen LogP contribution in [-0.2, 0) is 0 Å². The molecule has 0 amide bonds. The average Bonchev–Trinajstić information content (AvgIpc) is 2.16. The predicted octanol–water partition coefficient (Wildman–Crippen LogP) is -3.13. The summed E-state index contributed by atoms with van der Waals surface area (Å²) in [4.78, 5) is 4.79. The molecule has 0 saturated carbocycles. The van der Waals surface area contributed by atoms with Crippen molar-refractivity contribution in [2.75, 3.05) is 13.1 Å². The van der Waals surface area contributed by atoms with Crippen LogP contribution >= 0.6 is 0 Å². The SMILES string of the molecule is N/N=[N+](\N)NCCCN=C(N)NN. The topological polar surface area (TPSA) is 156 Å². The quantitative estimate of drug-likeness (QED) is 0.0512. The van der Waals surface area contributed by atoms with Gasteiger partial charge in [0.15, 0.2) is 0 Å². The molecule has 0 unspecified atom stereocenters. The van der Waals surface area contributed by atoms with E-state index in [9.17, 15) is 0 Å². The summed E-state index contributed by atoms with van der Waals surface area (Å²) in [6.45, 7) is 1.14. The van der Waals surface area contributed by atoms with Gasteiger partial charge in [-0.1, -0.05) is 0 Å². The number of aliphatic imine (C=N–C) groups is 1. The van der Waals surface area contributed by atoms with Crippen molar-refractivity contribution in [3.63, 3.8) is 0 Å². The molecule has 0 radical (unpaired) electrons. The van der Waals surface area contributed by atoms with Gasteiger partial charge < -0.3 is 5.73 Å². The van der Waals surface area contributed by atoms with Gasteiger partial charge >= 0.3 is 0 Å². The average molecular weight is 190 g/mol. The molecule has 0 aliphatic rings. The van der Waals surface area contributed by atoms with Crippen LogP contribution in [0.1, 0.15) is 6.42 Å². The van der Waals surface area contributed by atoms with E-state index in [0.29, 0.717) is 13.1 Å². The summed E-state index contributed by atoms with van der Waals surface area (Å²) in [7, 11) is 0. The smallest absolute Gasteiger partial charge is 0.203 e. The number of rotatable bonds is 5. The zero-order chi connectivity index (χ0) is 10.1. The Morgan fingerprint density at radius 1 is 1.46 bits per heavy atom. The highest BCUT2D eigenvalue weighted by Gasteiger charge is 1.91. The van der Waals surface area contributed by atoms with E-state index >= 15 is 0 Å². The predicted molar refractivity (Wildman–Crippen MR) is 47.5 cm³/mol. The molecule has 0 aliphatic heterocycles. The summed E-state index contributed by atoms with van der Waals surface area (Å²) in [6.07, 6.45) is 0.742. The molecule has 0 aromatic heterocycles. The normalized spacial score (nSPS) is 12.7. The van der Waals surface area contributed by atoms with Crippen molar-refractivity contribution in [1.29, 1.82) is 0 Å². The highest BCUT2D eigenvalue weighted by atomic mass is 15.7. The number of nitrogens with two attached hydrogens (primary N) is 4. The third-order valence-electron chi connectivity index (χ3n) is 1.16. The Kier molecular flexibility index (Phi) is 5.97. The second-order valence-corrected chi connectivity index (χ2v) is 2.13. The Hall–Kier alpha value is -1.77. The lowest BCUT2D eigenvalue weighted by atomic mass is 10.4. The van der Waals surface area contributed by atoms with Crippen molar-refractivity contribution < 1.29 is 4.92 Å². The van der Waals surface area contributed by atoms with Crippen LogP contribution in [0.25, 0.3) is 0 Å². The van der Waals surface area contributed by atoms with Crippen LogP contribution in [0.15, 0.2) is 10.2 Å². The number of hydrogen-bond acceptors (Lipinski definition) is 3. The second kappa shape index (κ2) is 6.91. The van der Waals surface area contributed by atoms with Gasteiger partial charge in [-0.2, -0.15) is 5.84 Å². The second-order valence-electron chi connectivity index (χ2n) is 2.13. The monoisotopic (exact) mass is 190 g/mol. The number of guanidine groups is 1. The van der Waals surface area contributed by atoms with Crippen LogP contribution in [0.4, 0.5) is 0 Å². The first kappa shape index (κ1) is 11.2. The standard InChI is InChI=1S/C4H15N9/c5-4(11-6)9-2-1-3-10-13(8)12-7/h10H,1-3,8H2,(H6,5,6,7,9,11,12)/p+1. The Balaban J connectivity index is 3.37. The lowest BCUT2D eigenvalue weighted by molar-refractivity contribution is -0.662. The van der Waals surface area contributed by atoms with Crippen molar-refractivity contribution >= 4 is 5.96 Å². The fourth-order valence-corrected chi connectivity index (χ4v) is 0.559. The fourth-order valence-electron chi connectivity index (χ4n) is 0.559. The van der Waals surface area contributed by atoms with E-state index in [2.05, 4.69) is 21.1 Å². The molecular weight excluding hydrogens is 174 g/mol. The molecule has 9 nitrogen and oxygen atoms in total. The maximum absolute atomic E-state index is 5.26. The Labute approximate surface area is 75.7 Å². The van der Waals surface area contributed by atoms with Gasteiger partial charge in [0.1, 0.15) is 5.22 Å². The largest absolute Gasteiger partial charge is 0.369 e. The Bertz CT molecular complexity index is 184. The molecule has 76 valence electrons. The molecule has 0 fully saturated rings. The fraction of sp³-hybridized carbons (Fsp3) is 0.750. The molecule has 0 atom stereocenters. The molecule has 0 heterocycles. The van der Waals surface area contributed by atoms with Gasteiger partial charge in [-0.15, -0.1) is 0 Å². The van der Waals surface area contributed by atoms with E-state index in [0.717, 1.165) is 11.3 Å². The first-order valence-electron chi connectivity index (χ1n) is 3.66. The van der Waals surface area contributed by atoms with E-state index in [1.54, 1.807) is 0 Å². The molecule has 0 spiro atoms. The Morgan fingerprint density at radius 2 is 2.15 bits per heavy atom. The van der Waals surface area contributed by atoms with E-state index in [1.807, 2.05) is 0 Å². The molecule has 0 saturated heterocycles. The lowest BCUT2D eigenvalue weighted by Crippen LogP contribution is -2.37. The van der Waals surface area contributed by atoms with E-state index in [4.69, 9.17) is 23.3 Å².